The predicted molar refractivity (Wildman–Crippen MR) is 113 cm³/mol. The maximum atomic E-state index is 13.2. The Labute approximate surface area is 173 Å². The zero-order valence-electron chi connectivity index (χ0n) is 16.4. The molecule has 0 unspecified atom stereocenters. The van der Waals surface area contributed by atoms with E-state index in [1.54, 1.807) is 4.90 Å². The number of thioether (sulfide) groups is 1. The fourth-order valence-corrected chi connectivity index (χ4v) is 5.31. The molecule has 0 atom stereocenters. The molecule has 1 aromatic carbocycles. The molecule has 2 amide bonds. The highest BCUT2D eigenvalue weighted by Crippen LogP contribution is 2.32. The summed E-state index contributed by atoms with van der Waals surface area (Å²) in [5.41, 5.74) is 6.03. The number of primary amides is 1. The highest BCUT2D eigenvalue weighted by Gasteiger charge is 2.27. The van der Waals surface area contributed by atoms with Gasteiger partial charge in [-0.05, 0) is 37.8 Å². The maximum Gasteiger partial charge on any atom is 0.262 e. The number of hydrogen-bond acceptors (Lipinski definition) is 5. The van der Waals surface area contributed by atoms with Crippen LogP contribution in [0, 0.1) is 5.92 Å². The number of nitrogens with zero attached hydrogens (tertiary/aromatic N) is 3. The van der Waals surface area contributed by atoms with Crippen LogP contribution in [0.15, 0.2) is 34.2 Å². The van der Waals surface area contributed by atoms with Gasteiger partial charge in [0, 0.05) is 25.0 Å². The largest absolute Gasteiger partial charge is 0.369 e. The molecule has 2 aromatic rings. The molecular weight excluding hydrogens is 388 g/mol. The van der Waals surface area contributed by atoms with Crippen molar-refractivity contribution < 1.29 is 9.59 Å². The number of fused-ring (bicyclic) bond motifs is 1. The first-order valence-corrected chi connectivity index (χ1v) is 11.2. The molecule has 1 saturated heterocycles. The molecule has 2 fully saturated rings. The second-order valence-electron chi connectivity index (χ2n) is 7.87. The van der Waals surface area contributed by atoms with E-state index in [2.05, 4.69) is 0 Å². The molecule has 1 saturated carbocycles. The third kappa shape index (κ3) is 4.17. The van der Waals surface area contributed by atoms with Crippen molar-refractivity contribution in [1.82, 2.24) is 14.5 Å². The van der Waals surface area contributed by atoms with E-state index in [0.717, 1.165) is 25.7 Å². The summed E-state index contributed by atoms with van der Waals surface area (Å²) in [6.45, 7) is 1.10. The number of likely N-dealkylation sites (tertiary alicyclic amines) is 1. The van der Waals surface area contributed by atoms with Gasteiger partial charge in [0.15, 0.2) is 5.16 Å². The van der Waals surface area contributed by atoms with Crippen molar-refractivity contribution in [2.75, 3.05) is 18.8 Å². The van der Waals surface area contributed by atoms with E-state index in [1.807, 2.05) is 28.8 Å². The molecule has 29 heavy (non-hydrogen) atoms. The molecule has 4 rings (SSSR count). The Kier molecular flexibility index (Phi) is 5.89. The second-order valence-corrected chi connectivity index (χ2v) is 8.81. The SMILES string of the molecule is NC(=O)C1CCN(C(=O)CSc2nc3ccccc3c(=O)n2C2CCCC2)CC1. The lowest BCUT2D eigenvalue weighted by atomic mass is 9.96. The summed E-state index contributed by atoms with van der Waals surface area (Å²) < 4.78 is 1.81. The molecule has 1 aliphatic heterocycles. The number of amides is 2. The normalized spacial score (nSPS) is 18.4. The van der Waals surface area contributed by atoms with Crippen molar-refractivity contribution >= 4 is 34.5 Å². The quantitative estimate of drug-likeness (QED) is 0.598. The van der Waals surface area contributed by atoms with Crippen molar-refractivity contribution in [3.8, 4) is 0 Å². The molecule has 7 nitrogen and oxygen atoms in total. The van der Waals surface area contributed by atoms with Gasteiger partial charge in [-0.15, -0.1) is 0 Å². The molecule has 2 aliphatic rings. The Morgan fingerprint density at radius 2 is 1.79 bits per heavy atom. The van der Waals surface area contributed by atoms with Gasteiger partial charge >= 0.3 is 0 Å². The van der Waals surface area contributed by atoms with Gasteiger partial charge in [-0.1, -0.05) is 36.7 Å². The summed E-state index contributed by atoms with van der Waals surface area (Å²) in [6.07, 6.45) is 5.41. The van der Waals surface area contributed by atoms with E-state index in [4.69, 9.17) is 10.7 Å². The van der Waals surface area contributed by atoms with Gasteiger partial charge in [-0.3, -0.25) is 19.0 Å². The lowest BCUT2D eigenvalue weighted by Gasteiger charge is -2.30. The Hall–Kier alpha value is -2.35. The van der Waals surface area contributed by atoms with E-state index in [0.29, 0.717) is 42.0 Å². The standard InChI is InChI=1S/C21H26N4O3S/c22-19(27)14-9-11-24(12-10-14)18(26)13-29-21-23-17-8-4-3-7-16(17)20(28)25(21)15-5-1-2-6-15/h3-4,7-8,14-15H,1-2,5-6,9-13H2,(H2,22,27). The number of benzene rings is 1. The summed E-state index contributed by atoms with van der Waals surface area (Å²) in [5, 5.41) is 1.25. The zero-order valence-corrected chi connectivity index (χ0v) is 17.2. The minimum atomic E-state index is -0.285. The monoisotopic (exact) mass is 414 g/mol. The number of aromatic nitrogens is 2. The summed E-state index contributed by atoms with van der Waals surface area (Å²) in [6, 6.07) is 7.55. The van der Waals surface area contributed by atoms with Crippen LogP contribution in [0.2, 0.25) is 0 Å². The summed E-state index contributed by atoms with van der Waals surface area (Å²) in [7, 11) is 0. The van der Waals surface area contributed by atoms with Gasteiger partial charge in [-0.25, -0.2) is 4.98 Å². The van der Waals surface area contributed by atoms with Crippen LogP contribution in [0.4, 0.5) is 0 Å². The second kappa shape index (κ2) is 8.57. The number of hydrogen-bond donors (Lipinski definition) is 1. The Morgan fingerprint density at radius 3 is 2.48 bits per heavy atom. The van der Waals surface area contributed by atoms with Crippen molar-refractivity contribution in [2.45, 2.75) is 49.7 Å². The van der Waals surface area contributed by atoms with Crippen LogP contribution in [0.3, 0.4) is 0 Å². The van der Waals surface area contributed by atoms with Crippen LogP contribution >= 0.6 is 11.8 Å². The van der Waals surface area contributed by atoms with Gasteiger partial charge in [0.2, 0.25) is 11.8 Å². The highest BCUT2D eigenvalue weighted by molar-refractivity contribution is 7.99. The Balaban J connectivity index is 1.53. The summed E-state index contributed by atoms with van der Waals surface area (Å²) in [5.74, 6) is -0.175. The fourth-order valence-electron chi connectivity index (χ4n) is 4.34. The van der Waals surface area contributed by atoms with Crippen LogP contribution in [0.25, 0.3) is 10.9 Å². The average molecular weight is 415 g/mol. The van der Waals surface area contributed by atoms with Gasteiger partial charge in [-0.2, -0.15) is 0 Å². The van der Waals surface area contributed by atoms with E-state index in [-0.39, 0.29) is 35.1 Å². The van der Waals surface area contributed by atoms with Gasteiger partial charge in [0.05, 0.1) is 16.7 Å². The van der Waals surface area contributed by atoms with E-state index in [1.165, 1.54) is 11.8 Å². The predicted octanol–water partition coefficient (Wildman–Crippen LogP) is 2.33. The van der Waals surface area contributed by atoms with Crippen LogP contribution in [0.5, 0.6) is 0 Å². The van der Waals surface area contributed by atoms with Crippen molar-refractivity contribution in [3.05, 3.63) is 34.6 Å². The number of para-hydroxylation sites is 1. The molecular formula is C21H26N4O3S. The molecule has 0 radical (unpaired) electrons. The van der Waals surface area contributed by atoms with Crippen LogP contribution in [0.1, 0.15) is 44.6 Å². The molecule has 0 bridgehead atoms. The summed E-state index contributed by atoms with van der Waals surface area (Å²) in [4.78, 5) is 43.7. The lowest BCUT2D eigenvalue weighted by molar-refractivity contribution is -0.132. The number of carbonyl (C=O) groups excluding carboxylic acids is 2. The molecule has 2 heterocycles. The molecule has 2 N–H and O–H groups in total. The van der Waals surface area contributed by atoms with E-state index >= 15 is 0 Å². The van der Waals surface area contributed by atoms with Gasteiger partial charge in [0.1, 0.15) is 0 Å². The molecule has 0 spiro atoms. The molecule has 1 aromatic heterocycles. The third-order valence-corrected chi connectivity index (χ3v) is 6.98. The van der Waals surface area contributed by atoms with Crippen LogP contribution in [-0.4, -0.2) is 45.1 Å². The number of nitrogens with two attached hydrogens (primary N) is 1. The van der Waals surface area contributed by atoms with E-state index in [9.17, 15) is 14.4 Å². The first-order valence-electron chi connectivity index (χ1n) is 10.3. The Morgan fingerprint density at radius 1 is 1.10 bits per heavy atom. The van der Waals surface area contributed by atoms with Crippen molar-refractivity contribution in [3.63, 3.8) is 0 Å². The molecule has 8 heteroatoms. The van der Waals surface area contributed by atoms with Crippen LogP contribution < -0.4 is 11.3 Å². The fraction of sp³-hybridized carbons (Fsp3) is 0.524. The van der Waals surface area contributed by atoms with Crippen LogP contribution in [-0.2, 0) is 9.59 Å². The summed E-state index contributed by atoms with van der Waals surface area (Å²) >= 11 is 1.34. The van der Waals surface area contributed by atoms with Crippen molar-refractivity contribution in [2.24, 2.45) is 11.7 Å². The minimum absolute atomic E-state index is 0.0123. The van der Waals surface area contributed by atoms with Gasteiger partial charge < -0.3 is 10.6 Å². The molecule has 154 valence electrons. The topological polar surface area (TPSA) is 98.3 Å². The number of rotatable bonds is 5. The highest BCUT2D eigenvalue weighted by atomic mass is 32.2. The molecule has 1 aliphatic carbocycles. The average Bonchev–Trinajstić information content (AvgIpc) is 3.26. The van der Waals surface area contributed by atoms with Crippen molar-refractivity contribution in [1.29, 1.82) is 0 Å². The smallest absolute Gasteiger partial charge is 0.262 e. The number of carbonyl (C=O) groups is 2. The number of piperidine rings is 1. The first-order chi connectivity index (χ1) is 14.0. The van der Waals surface area contributed by atoms with Gasteiger partial charge in [0.25, 0.3) is 5.56 Å². The van der Waals surface area contributed by atoms with E-state index < -0.39 is 0 Å². The lowest BCUT2D eigenvalue weighted by Crippen LogP contribution is -2.42. The first kappa shape index (κ1) is 19.9. The zero-order chi connectivity index (χ0) is 20.4. The Bertz CT molecular complexity index is 976. The third-order valence-electron chi connectivity index (χ3n) is 6.04. The maximum absolute atomic E-state index is 13.2. The minimum Gasteiger partial charge on any atom is -0.369 e.